The molecule has 1 unspecified atom stereocenters. The maximum atomic E-state index is 14.2. The normalized spacial score (nSPS) is 32.8. The second kappa shape index (κ2) is 6.74. The number of carbonyl (C=O) groups excluding carboxylic acids is 2. The molecule has 0 radical (unpaired) electrons. The summed E-state index contributed by atoms with van der Waals surface area (Å²) in [6.45, 7) is 0.661. The largest absolute Gasteiger partial charge is 0.477 e. The van der Waals surface area contributed by atoms with Gasteiger partial charge in [-0.15, -0.1) is 0 Å². The first-order valence-electron chi connectivity index (χ1n) is 10.4. The first-order valence-corrected chi connectivity index (χ1v) is 10.4. The zero-order chi connectivity index (χ0) is 22.0. The molecule has 3 fully saturated rings. The number of fused-ring (bicyclic) bond motifs is 1. The molecular weight excluding hydrogens is 420 g/mol. The average molecular weight is 442 g/mol. The molecule has 5 rings (SSSR count). The van der Waals surface area contributed by atoms with Gasteiger partial charge in [0.25, 0.3) is 0 Å². The Hall–Kier alpha value is -2.52. The highest BCUT2D eigenvalue weighted by Crippen LogP contribution is 2.51. The van der Waals surface area contributed by atoms with Crippen LogP contribution in [0.1, 0.15) is 31.2 Å². The zero-order valence-corrected chi connectivity index (χ0v) is 16.6. The minimum atomic E-state index is -4.62. The van der Waals surface area contributed by atoms with Crippen molar-refractivity contribution in [1.29, 1.82) is 0 Å². The number of likely N-dealkylation sites (tertiary alicyclic amines) is 1. The lowest BCUT2D eigenvalue weighted by atomic mass is 9.68. The quantitative estimate of drug-likeness (QED) is 0.715. The van der Waals surface area contributed by atoms with E-state index in [4.69, 9.17) is 9.47 Å². The molecule has 31 heavy (non-hydrogen) atoms. The molecule has 0 aromatic heterocycles. The number of hydrogen-bond donors (Lipinski definition) is 1. The van der Waals surface area contributed by atoms with E-state index >= 15 is 0 Å². The lowest BCUT2D eigenvalue weighted by Crippen LogP contribution is -2.60. The maximum absolute atomic E-state index is 14.2. The van der Waals surface area contributed by atoms with Gasteiger partial charge in [0.05, 0.1) is 5.54 Å². The van der Waals surface area contributed by atoms with Gasteiger partial charge < -0.3 is 19.7 Å². The van der Waals surface area contributed by atoms with Crippen molar-refractivity contribution in [3.05, 3.63) is 29.6 Å². The van der Waals surface area contributed by atoms with E-state index in [2.05, 4.69) is 5.32 Å². The topological polar surface area (TPSA) is 67.9 Å². The first-order chi connectivity index (χ1) is 14.6. The summed E-state index contributed by atoms with van der Waals surface area (Å²) in [6.07, 6.45) is -4.27. The molecule has 1 aromatic rings. The Kier molecular flexibility index (Phi) is 4.43. The SMILES string of the molecule is O=C1N[C@]2(CO1)C[C@@H](C(=O)N1CCC(C3(C(F)(F)F)Cc4cc(F)ccc4O3)CC1)C2. The van der Waals surface area contributed by atoms with Gasteiger partial charge in [0.15, 0.2) is 0 Å². The summed E-state index contributed by atoms with van der Waals surface area (Å²) < 4.78 is 66.4. The third kappa shape index (κ3) is 3.22. The molecular formula is C21H22F4N2O4. The molecule has 3 aliphatic heterocycles. The number of alkyl halides is 3. The first kappa shape index (κ1) is 20.4. The van der Waals surface area contributed by atoms with E-state index in [9.17, 15) is 27.2 Å². The van der Waals surface area contributed by atoms with Crippen LogP contribution < -0.4 is 10.1 Å². The number of nitrogens with zero attached hydrogens (tertiary/aromatic N) is 1. The Labute approximate surface area is 175 Å². The van der Waals surface area contributed by atoms with Crippen LogP contribution in [0.4, 0.5) is 22.4 Å². The number of halogens is 4. The predicted octanol–water partition coefficient (Wildman–Crippen LogP) is 3.19. The van der Waals surface area contributed by atoms with Crippen LogP contribution in [-0.2, 0) is 16.0 Å². The lowest BCUT2D eigenvalue weighted by Gasteiger charge is -2.46. The molecule has 1 saturated carbocycles. The fourth-order valence-corrected chi connectivity index (χ4v) is 5.51. The monoisotopic (exact) mass is 442 g/mol. The number of benzene rings is 1. The highest BCUT2D eigenvalue weighted by molar-refractivity contribution is 5.81. The van der Waals surface area contributed by atoms with E-state index in [1.165, 1.54) is 6.07 Å². The van der Waals surface area contributed by atoms with E-state index in [1.54, 1.807) is 4.90 Å². The van der Waals surface area contributed by atoms with Crippen molar-refractivity contribution in [3.63, 3.8) is 0 Å². The number of nitrogens with one attached hydrogen (secondary N) is 1. The van der Waals surface area contributed by atoms with Crippen LogP contribution in [-0.4, -0.2) is 53.9 Å². The van der Waals surface area contributed by atoms with Crippen molar-refractivity contribution in [2.24, 2.45) is 11.8 Å². The van der Waals surface area contributed by atoms with Crippen LogP contribution in [0.25, 0.3) is 0 Å². The summed E-state index contributed by atoms with van der Waals surface area (Å²) in [7, 11) is 0. The molecule has 10 heteroatoms. The van der Waals surface area contributed by atoms with Gasteiger partial charge >= 0.3 is 12.3 Å². The maximum Gasteiger partial charge on any atom is 0.428 e. The van der Waals surface area contributed by atoms with Crippen molar-refractivity contribution in [1.82, 2.24) is 10.2 Å². The molecule has 2 saturated heterocycles. The number of alkyl carbamates (subject to hydrolysis) is 1. The third-order valence-electron chi connectivity index (χ3n) is 7.18. The molecule has 0 bridgehead atoms. The van der Waals surface area contributed by atoms with Crippen molar-refractivity contribution < 1.29 is 36.6 Å². The van der Waals surface area contributed by atoms with E-state index < -0.39 is 41.6 Å². The number of piperidine rings is 1. The molecule has 1 atom stereocenters. The number of amides is 2. The molecule has 1 aliphatic carbocycles. The van der Waals surface area contributed by atoms with Gasteiger partial charge in [0.2, 0.25) is 11.5 Å². The summed E-state index contributed by atoms with van der Waals surface area (Å²) in [5, 5.41) is 2.73. The standard InChI is InChI=1S/C21H22F4N2O4/c22-15-1-2-16-12(7-15)10-20(31-16,21(23,24)25)14-3-5-27(6-4-14)17(28)13-8-19(9-13)11-30-18(29)26-19/h1-2,7,13-14H,3-6,8-11H2,(H,26,29)/t13-,19-,20?. The summed E-state index contributed by atoms with van der Waals surface area (Å²) in [4.78, 5) is 25.7. The van der Waals surface area contributed by atoms with Crippen LogP contribution in [0.5, 0.6) is 5.75 Å². The average Bonchev–Trinajstić information content (AvgIpc) is 3.27. The van der Waals surface area contributed by atoms with Crippen molar-refractivity contribution in [2.75, 3.05) is 19.7 Å². The lowest BCUT2D eigenvalue weighted by molar-refractivity contribution is -0.264. The highest BCUT2D eigenvalue weighted by atomic mass is 19.4. The molecule has 168 valence electrons. The van der Waals surface area contributed by atoms with Crippen LogP contribution in [0.3, 0.4) is 0 Å². The van der Waals surface area contributed by atoms with Crippen molar-refractivity contribution >= 4 is 12.0 Å². The van der Waals surface area contributed by atoms with Gasteiger partial charge in [-0.1, -0.05) is 0 Å². The highest BCUT2D eigenvalue weighted by Gasteiger charge is 2.64. The van der Waals surface area contributed by atoms with E-state index in [0.717, 1.165) is 12.1 Å². The molecule has 3 heterocycles. The third-order valence-corrected chi connectivity index (χ3v) is 7.18. The van der Waals surface area contributed by atoms with Crippen molar-refractivity contribution in [2.45, 2.75) is 49.4 Å². The Balaban J connectivity index is 1.24. The van der Waals surface area contributed by atoms with Crippen LogP contribution in [0.2, 0.25) is 0 Å². The van der Waals surface area contributed by atoms with Crippen LogP contribution in [0, 0.1) is 17.7 Å². The number of ether oxygens (including phenoxy) is 2. The summed E-state index contributed by atoms with van der Waals surface area (Å²) in [5.74, 6) is -1.71. The fourth-order valence-electron chi connectivity index (χ4n) is 5.51. The minimum Gasteiger partial charge on any atom is -0.477 e. The van der Waals surface area contributed by atoms with Gasteiger partial charge in [-0.05, 0) is 43.9 Å². The van der Waals surface area contributed by atoms with Gasteiger partial charge in [-0.2, -0.15) is 13.2 Å². The van der Waals surface area contributed by atoms with Gasteiger partial charge in [-0.25, -0.2) is 9.18 Å². The number of cyclic esters (lactones) is 1. The zero-order valence-electron chi connectivity index (χ0n) is 16.6. The fraction of sp³-hybridized carbons (Fsp3) is 0.619. The molecule has 2 amide bonds. The summed E-state index contributed by atoms with van der Waals surface area (Å²) in [6, 6.07) is 3.43. The Morgan fingerprint density at radius 3 is 2.52 bits per heavy atom. The Morgan fingerprint density at radius 2 is 1.90 bits per heavy atom. The Bertz CT molecular complexity index is 922. The van der Waals surface area contributed by atoms with E-state index in [0.29, 0.717) is 12.8 Å². The number of hydrogen-bond acceptors (Lipinski definition) is 4. The number of carbonyl (C=O) groups is 2. The Morgan fingerprint density at radius 1 is 1.19 bits per heavy atom. The van der Waals surface area contributed by atoms with Crippen molar-refractivity contribution in [3.8, 4) is 5.75 Å². The molecule has 1 N–H and O–H groups in total. The summed E-state index contributed by atoms with van der Waals surface area (Å²) in [5.41, 5.74) is -2.66. The summed E-state index contributed by atoms with van der Waals surface area (Å²) >= 11 is 0. The molecule has 4 aliphatic rings. The van der Waals surface area contributed by atoms with Gasteiger partial charge in [0, 0.05) is 36.9 Å². The molecule has 6 nitrogen and oxygen atoms in total. The minimum absolute atomic E-state index is 0.0674. The van der Waals surface area contributed by atoms with Crippen LogP contribution >= 0.6 is 0 Å². The van der Waals surface area contributed by atoms with Gasteiger partial charge in [0.1, 0.15) is 18.2 Å². The van der Waals surface area contributed by atoms with Crippen LogP contribution in [0.15, 0.2) is 18.2 Å². The number of rotatable bonds is 2. The second-order valence-corrected chi connectivity index (χ2v) is 9.10. The van der Waals surface area contributed by atoms with Gasteiger partial charge in [-0.3, -0.25) is 4.79 Å². The predicted molar refractivity (Wildman–Crippen MR) is 98.8 cm³/mol. The van der Waals surface area contributed by atoms with E-state index in [1.807, 2.05) is 0 Å². The second-order valence-electron chi connectivity index (χ2n) is 9.10. The molecule has 1 spiro atoms. The van der Waals surface area contributed by atoms with E-state index in [-0.39, 0.29) is 55.7 Å². The smallest absolute Gasteiger partial charge is 0.428 e. The molecule has 1 aromatic carbocycles.